The lowest BCUT2D eigenvalue weighted by molar-refractivity contribution is 0.291. The Morgan fingerprint density at radius 3 is 2.62 bits per heavy atom. The van der Waals surface area contributed by atoms with Crippen molar-refractivity contribution < 1.29 is 10.2 Å². The molecule has 3 N–H and O–H groups in total. The fraction of sp³-hybridized carbons (Fsp3) is 0.353. The van der Waals surface area contributed by atoms with Gasteiger partial charge in [-0.25, -0.2) is 9.36 Å². The van der Waals surface area contributed by atoms with Gasteiger partial charge in [0.2, 0.25) is 5.88 Å². The van der Waals surface area contributed by atoms with E-state index in [0.717, 1.165) is 10.1 Å². The van der Waals surface area contributed by atoms with E-state index in [2.05, 4.69) is 9.98 Å². The molecule has 24 heavy (non-hydrogen) atoms. The molecule has 0 saturated carbocycles. The highest BCUT2D eigenvalue weighted by atomic mass is 16.3. The molecule has 0 fully saturated rings. The van der Waals surface area contributed by atoms with E-state index >= 15 is 0 Å². The number of rotatable bonds is 6. The molecule has 0 radical (unpaired) electrons. The van der Waals surface area contributed by atoms with Crippen LogP contribution in [0.4, 0.5) is 0 Å². The molecule has 0 bridgehead atoms. The molecule has 0 atom stereocenters. The van der Waals surface area contributed by atoms with Gasteiger partial charge in [-0.05, 0) is 31.4 Å². The lowest BCUT2D eigenvalue weighted by atomic mass is 10.1. The van der Waals surface area contributed by atoms with E-state index in [1.54, 1.807) is 19.1 Å². The number of benzene rings is 1. The van der Waals surface area contributed by atoms with Crippen LogP contribution >= 0.6 is 0 Å². The highest BCUT2D eigenvalue weighted by molar-refractivity contribution is 6.02. The van der Waals surface area contributed by atoms with Crippen LogP contribution in [-0.2, 0) is 0 Å². The van der Waals surface area contributed by atoms with Crippen molar-refractivity contribution in [1.82, 2.24) is 9.55 Å². The molecule has 128 valence electrons. The first-order valence-corrected chi connectivity index (χ1v) is 7.80. The van der Waals surface area contributed by atoms with E-state index in [1.165, 1.54) is 0 Å². The van der Waals surface area contributed by atoms with Crippen LogP contribution in [0.3, 0.4) is 0 Å². The Bertz CT molecular complexity index is 865. The molecule has 0 unspecified atom stereocenters. The lowest BCUT2D eigenvalue weighted by Gasteiger charge is -2.14. The van der Waals surface area contributed by atoms with Gasteiger partial charge in [0.05, 0.1) is 11.4 Å². The number of para-hydroxylation sites is 1. The number of aromatic amines is 1. The van der Waals surface area contributed by atoms with Gasteiger partial charge in [-0.3, -0.25) is 14.8 Å². The molecular weight excluding hydrogens is 310 g/mol. The number of hydrogen-bond donors (Lipinski definition) is 3. The summed E-state index contributed by atoms with van der Waals surface area (Å²) >= 11 is 0. The fourth-order valence-corrected chi connectivity index (χ4v) is 2.48. The maximum Gasteiger partial charge on any atom is 0.335 e. The molecule has 0 aliphatic carbocycles. The second kappa shape index (κ2) is 7.74. The Morgan fingerprint density at radius 1 is 1.29 bits per heavy atom. The highest BCUT2D eigenvalue weighted by Crippen LogP contribution is 2.20. The third-order valence-corrected chi connectivity index (χ3v) is 3.68. The number of aliphatic hydroxyl groups is 1. The topological polar surface area (TPSA) is 108 Å². The van der Waals surface area contributed by atoms with Gasteiger partial charge in [0.15, 0.2) is 0 Å². The van der Waals surface area contributed by atoms with Crippen LogP contribution in [0.15, 0.2) is 38.8 Å². The van der Waals surface area contributed by atoms with Crippen LogP contribution in [0, 0.1) is 6.92 Å². The van der Waals surface area contributed by atoms with Gasteiger partial charge >= 0.3 is 5.69 Å². The lowest BCUT2D eigenvalue weighted by Crippen LogP contribution is -2.33. The molecule has 1 heterocycles. The van der Waals surface area contributed by atoms with Gasteiger partial charge in [0.1, 0.15) is 5.56 Å². The largest absolute Gasteiger partial charge is 0.493 e. The molecule has 1 aromatic carbocycles. The first kappa shape index (κ1) is 17.7. The maximum atomic E-state index is 12.2. The van der Waals surface area contributed by atoms with Crippen molar-refractivity contribution in [2.45, 2.75) is 26.7 Å². The van der Waals surface area contributed by atoms with Crippen molar-refractivity contribution in [3.63, 3.8) is 0 Å². The van der Waals surface area contributed by atoms with E-state index in [-0.39, 0.29) is 12.2 Å². The van der Waals surface area contributed by atoms with Crippen LogP contribution in [0.2, 0.25) is 0 Å². The van der Waals surface area contributed by atoms with E-state index < -0.39 is 17.1 Å². The molecule has 7 heteroatoms. The van der Waals surface area contributed by atoms with Crippen molar-refractivity contribution in [2.75, 3.05) is 13.2 Å². The number of aliphatic imine (C=N–C) groups is 1. The quantitative estimate of drug-likeness (QED) is 0.544. The molecule has 1 aromatic heterocycles. The Labute approximate surface area is 138 Å². The average molecular weight is 331 g/mol. The van der Waals surface area contributed by atoms with Gasteiger partial charge < -0.3 is 10.2 Å². The number of hydrogen-bond acceptors (Lipinski definition) is 5. The van der Waals surface area contributed by atoms with Crippen molar-refractivity contribution in [1.29, 1.82) is 0 Å². The first-order valence-electron chi connectivity index (χ1n) is 7.80. The van der Waals surface area contributed by atoms with Gasteiger partial charge in [-0.15, -0.1) is 0 Å². The summed E-state index contributed by atoms with van der Waals surface area (Å²) in [7, 11) is 0. The van der Waals surface area contributed by atoms with Crippen molar-refractivity contribution in [3.8, 4) is 11.6 Å². The second-order valence-electron chi connectivity index (χ2n) is 5.34. The predicted molar refractivity (Wildman–Crippen MR) is 92.5 cm³/mol. The van der Waals surface area contributed by atoms with Gasteiger partial charge in [0, 0.05) is 13.2 Å². The number of aromatic hydroxyl groups is 1. The summed E-state index contributed by atoms with van der Waals surface area (Å²) < 4.78 is 1.07. The third-order valence-electron chi connectivity index (χ3n) is 3.68. The number of aromatic nitrogens is 2. The minimum atomic E-state index is -0.707. The molecule has 0 aliphatic heterocycles. The average Bonchev–Trinajstić information content (AvgIpc) is 2.54. The van der Waals surface area contributed by atoms with Crippen molar-refractivity contribution in [3.05, 3.63) is 56.2 Å². The molecule has 7 nitrogen and oxygen atoms in total. The van der Waals surface area contributed by atoms with Crippen LogP contribution < -0.4 is 11.2 Å². The van der Waals surface area contributed by atoms with Crippen LogP contribution in [0.25, 0.3) is 5.69 Å². The summed E-state index contributed by atoms with van der Waals surface area (Å²) in [4.78, 5) is 30.9. The van der Waals surface area contributed by atoms with Crippen LogP contribution in [0.1, 0.15) is 30.9 Å². The summed E-state index contributed by atoms with van der Waals surface area (Å²) in [5.74, 6) is -0.428. The zero-order chi connectivity index (χ0) is 17.7. The second-order valence-corrected chi connectivity index (χ2v) is 5.34. The molecule has 0 spiro atoms. The van der Waals surface area contributed by atoms with E-state index in [1.807, 2.05) is 19.1 Å². The monoisotopic (exact) mass is 331 g/mol. The maximum absolute atomic E-state index is 12.2. The summed E-state index contributed by atoms with van der Waals surface area (Å²) in [5, 5.41) is 19.5. The number of aryl methyl sites for hydroxylation is 1. The number of nitrogens with zero attached hydrogens (tertiary/aromatic N) is 2. The van der Waals surface area contributed by atoms with E-state index in [9.17, 15) is 14.7 Å². The first-order chi connectivity index (χ1) is 11.5. The van der Waals surface area contributed by atoms with Crippen LogP contribution in [-0.4, -0.2) is 38.6 Å². The summed E-state index contributed by atoms with van der Waals surface area (Å²) in [6, 6.07) is 7.06. The molecule has 0 aliphatic rings. The van der Waals surface area contributed by atoms with Crippen molar-refractivity contribution >= 4 is 5.71 Å². The summed E-state index contributed by atoms with van der Waals surface area (Å²) in [6.45, 7) is 3.94. The molecule has 2 aromatic rings. The Hall–Kier alpha value is -2.67. The fourth-order valence-electron chi connectivity index (χ4n) is 2.48. The minimum absolute atomic E-state index is 0.00839. The Balaban J connectivity index is 2.69. The standard InChI is InChI=1S/C17H21N3O4/c1-3-12(18-9-6-10-21)14-15(22)19-17(24)20(16(14)23)13-8-5-4-7-11(13)2/h4-5,7-8,21,23H,3,6,9-10H2,1-2H3,(H,19,22,24). The highest BCUT2D eigenvalue weighted by Gasteiger charge is 2.19. The van der Waals surface area contributed by atoms with E-state index in [4.69, 9.17) is 5.11 Å². The Kier molecular flexibility index (Phi) is 5.70. The van der Waals surface area contributed by atoms with Gasteiger partial charge in [0.25, 0.3) is 5.56 Å². The number of nitrogens with one attached hydrogen (secondary N) is 1. The zero-order valence-electron chi connectivity index (χ0n) is 13.7. The molecule has 0 amide bonds. The normalized spacial score (nSPS) is 11.7. The molecular formula is C17H21N3O4. The van der Waals surface area contributed by atoms with Crippen LogP contribution in [0.5, 0.6) is 5.88 Å². The summed E-state index contributed by atoms with van der Waals surface area (Å²) in [6.07, 6.45) is 0.869. The summed E-state index contributed by atoms with van der Waals surface area (Å²) in [5.41, 5.74) is 0.266. The zero-order valence-corrected chi connectivity index (χ0v) is 13.7. The molecule has 2 rings (SSSR count). The van der Waals surface area contributed by atoms with Crippen molar-refractivity contribution in [2.24, 2.45) is 4.99 Å². The SMILES string of the molecule is CCC(=NCCCO)c1c(O)n(-c2ccccc2C)c(=O)[nH]c1=O. The number of aliphatic hydroxyl groups excluding tert-OH is 1. The Morgan fingerprint density at radius 2 is 2.00 bits per heavy atom. The number of H-pyrrole nitrogens is 1. The van der Waals surface area contributed by atoms with E-state index in [0.29, 0.717) is 30.8 Å². The smallest absolute Gasteiger partial charge is 0.335 e. The third kappa shape index (κ3) is 3.46. The predicted octanol–water partition coefficient (Wildman–Crippen LogP) is 1.12. The van der Waals surface area contributed by atoms with Gasteiger partial charge in [-0.1, -0.05) is 25.1 Å². The van der Waals surface area contributed by atoms with Gasteiger partial charge in [-0.2, -0.15) is 0 Å². The molecule has 0 saturated heterocycles. The minimum Gasteiger partial charge on any atom is -0.493 e.